The van der Waals surface area contributed by atoms with Gasteiger partial charge >= 0.3 is 6.01 Å². The number of hydrogen-bond donors (Lipinski definition) is 2. The van der Waals surface area contributed by atoms with Crippen molar-refractivity contribution < 1.29 is 5.11 Å². The number of rotatable bonds is 3. The molecule has 0 spiro atoms. The molecule has 0 amide bonds. The maximum absolute atomic E-state index is 9.17. The second-order valence-electron chi connectivity index (χ2n) is 2.75. The van der Waals surface area contributed by atoms with Gasteiger partial charge in [-0.25, -0.2) is 0 Å². The molecule has 5 nitrogen and oxygen atoms in total. The molecular weight excluding hydrogens is 176 g/mol. The topological polar surface area (TPSA) is 54.2 Å². The summed E-state index contributed by atoms with van der Waals surface area (Å²) in [4.78, 5) is 2.01. The minimum absolute atomic E-state index is 0.0816. The molecule has 1 aromatic heterocycles. The van der Waals surface area contributed by atoms with Crippen LogP contribution < -0.4 is 0 Å². The van der Waals surface area contributed by atoms with Crippen LogP contribution in [-0.4, -0.2) is 45.4 Å². The fraction of sp³-hybridized carbons (Fsp3) is 0.667. The van der Waals surface area contributed by atoms with Gasteiger partial charge in [-0.05, 0) is 14.1 Å². The van der Waals surface area contributed by atoms with Crippen LogP contribution in [0.5, 0.6) is 6.01 Å². The monoisotopic (exact) mass is 188 g/mol. The first-order valence-electron chi connectivity index (χ1n) is 3.57. The molecule has 0 fully saturated rings. The van der Waals surface area contributed by atoms with Gasteiger partial charge in [0.1, 0.15) is 0 Å². The van der Waals surface area contributed by atoms with Crippen molar-refractivity contribution in [3.8, 4) is 6.01 Å². The van der Waals surface area contributed by atoms with Crippen LogP contribution in [0, 0.1) is 0 Å². The molecule has 1 aromatic rings. The smallest absolute Gasteiger partial charge is 0.315 e. The molecular formula is C6H12N4OS. The van der Waals surface area contributed by atoms with Crippen LogP contribution in [-0.2, 0) is 6.54 Å². The summed E-state index contributed by atoms with van der Waals surface area (Å²) in [5.41, 5.74) is 0. The Morgan fingerprint density at radius 2 is 2.17 bits per heavy atom. The number of hydrogen-bond acceptors (Lipinski definition) is 5. The molecule has 6 heteroatoms. The van der Waals surface area contributed by atoms with E-state index >= 15 is 0 Å². The predicted molar refractivity (Wildman–Crippen MR) is 47.5 cm³/mol. The van der Waals surface area contributed by atoms with Crippen molar-refractivity contribution in [3.63, 3.8) is 0 Å². The lowest BCUT2D eigenvalue weighted by molar-refractivity contribution is 0.341. The van der Waals surface area contributed by atoms with E-state index in [2.05, 4.69) is 22.8 Å². The highest BCUT2D eigenvalue weighted by molar-refractivity contribution is 7.80. The average Bonchev–Trinajstić information content (AvgIpc) is 2.28. The van der Waals surface area contributed by atoms with Gasteiger partial charge in [-0.15, -0.1) is 17.7 Å². The zero-order valence-corrected chi connectivity index (χ0v) is 7.99. The molecule has 1 heterocycles. The van der Waals surface area contributed by atoms with Gasteiger partial charge in [-0.2, -0.15) is 0 Å². The lowest BCUT2D eigenvalue weighted by Crippen LogP contribution is -2.18. The van der Waals surface area contributed by atoms with Crippen molar-refractivity contribution in [2.75, 3.05) is 20.6 Å². The standard InChI is InChI=1S/C6H12N4OS/c1-9(2)3-4-10-5(11)7-8-6(10)12/h3-4H2,1-2H3,(H,7,11)(H,8,12). The summed E-state index contributed by atoms with van der Waals surface area (Å²) < 4.78 is 1.54. The molecule has 12 heavy (non-hydrogen) atoms. The van der Waals surface area contributed by atoms with E-state index in [1.807, 2.05) is 19.0 Å². The van der Waals surface area contributed by atoms with Crippen molar-refractivity contribution in [2.45, 2.75) is 11.7 Å². The summed E-state index contributed by atoms with van der Waals surface area (Å²) in [7, 11) is 3.92. The number of aromatic nitrogens is 3. The molecule has 0 bridgehead atoms. The molecule has 0 aliphatic heterocycles. The molecule has 1 N–H and O–H groups in total. The molecule has 0 unspecified atom stereocenters. The summed E-state index contributed by atoms with van der Waals surface area (Å²) in [5, 5.41) is 16.7. The molecule has 0 saturated heterocycles. The van der Waals surface area contributed by atoms with Crippen LogP contribution in [0.4, 0.5) is 0 Å². The van der Waals surface area contributed by atoms with E-state index in [1.165, 1.54) is 0 Å². The van der Waals surface area contributed by atoms with Crippen LogP contribution in [0.3, 0.4) is 0 Å². The second-order valence-corrected chi connectivity index (χ2v) is 3.15. The largest absolute Gasteiger partial charge is 0.479 e. The van der Waals surface area contributed by atoms with Gasteiger partial charge in [0.25, 0.3) is 0 Å². The Kier molecular flexibility index (Phi) is 2.93. The first kappa shape index (κ1) is 9.34. The van der Waals surface area contributed by atoms with Crippen molar-refractivity contribution in [1.82, 2.24) is 19.7 Å². The van der Waals surface area contributed by atoms with Crippen LogP contribution in [0.1, 0.15) is 0 Å². The van der Waals surface area contributed by atoms with Crippen LogP contribution in [0.15, 0.2) is 5.16 Å². The highest BCUT2D eigenvalue weighted by atomic mass is 32.1. The minimum Gasteiger partial charge on any atom is -0.479 e. The summed E-state index contributed by atoms with van der Waals surface area (Å²) in [5.74, 6) is 0. The Hall–Kier alpha value is -0.750. The fourth-order valence-corrected chi connectivity index (χ4v) is 1.02. The first-order valence-corrected chi connectivity index (χ1v) is 4.02. The highest BCUT2D eigenvalue weighted by Gasteiger charge is 2.06. The summed E-state index contributed by atoms with van der Waals surface area (Å²) in [6.07, 6.45) is 0. The van der Waals surface area contributed by atoms with E-state index in [0.717, 1.165) is 6.54 Å². The maximum atomic E-state index is 9.17. The van der Waals surface area contributed by atoms with Crippen molar-refractivity contribution >= 4 is 12.6 Å². The minimum atomic E-state index is -0.0816. The van der Waals surface area contributed by atoms with Gasteiger partial charge in [0.05, 0.1) is 0 Å². The summed E-state index contributed by atoms with van der Waals surface area (Å²) in [6.45, 7) is 1.46. The van der Waals surface area contributed by atoms with E-state index in [4.69, 9.17) is 5.11 Å². The third-order valence-corrected chi connectivity index (χ3v) is 1.81. The van der Waals surface area contributed by atoms with Crippen LogP contribution >= 0.6 is 12.6 Å². The van der Waals surface area contributed by atoms with Gasteiger partial charge in [0.2, 0.25) is 0 Å². The van der Waals surface area contributed by atoms with E-state index < -0.39 is 0 Å². The van der Waals surface area contributed by atoms with Gasteiger partial charge in [0.15, 0.2) is 5.16 Å². The van der Waals surface area contributed by atoms with E-state index in [0.29, 0.717) is 11.7 Å². The number of likely N-dealkylation sites (N-methyl/N-ethyl adjacent to an activating group) is 1. The third kappa shape index (κ3) is 2.12. The highest BCUT2D eigenvalue weighted by Crippen LogP contribution is 2.10. The molecule has 0 aliphatic carbocycles. The molecule has 1 rings (SSSR count). The normalized spacial score (nSPS) is 11.0. The van der Waals surface area contributed by atoms with Crippen molar-refractivity contribution in [2.24, 2.45) is 0 Å². The molecule has 0 atom stereocenters. The molecule has 0 radical (unpaired) electrons. The van der Waals surface area contributed by atoms with Gasteiger partial charge in [-0.1, -0.05) is 5.10 Å². The Morgan fingerprint density at radius 1 is 1.50 bits per heavy atom. The Morgan fingerprint density at radius 3 is 2.58 bits per heavy atom. The van der Waals surface area contributed by atoms with Gasteiger partial charge < -0.3 is 10.0 Å². The fourth-order valence-electron chi connectivity index (χ4n) is 0.787. The number of nitrogens with zero attached hydrogens (tertiary/aromatic N) is 4. The Balaban J connectivity index is 2.62. The van der Waals surface area contributed by atoms with Crippen molar-refractivity contribution in [1.29, 1.82) is 0 Å². The maximum Gasteiger partial charge on any atom is 0.315 e. The summed E-state index contributed by atoms with van der Waals surface area (Å²) >= 11 is 4.03. The zero-order chi connectivity index (χ0) is 9.14. The molecule has 68 valence electrons. The molecule has 0 aliphatic rings. The quantitative estimate of drug-likeness (QED) is 0.647. The number of aromatic hydroxyl groups is 1. The number of thiol groups is 1. The van der Waals surface area contributed by atoms with E-state index in [9.17, 15) is 0 Å². The lowest BCUT2D eigenvalue weighted by Gasteiger charge is -2.10. The molecule has 0 saturated carbocycles. The SMILES string of the molecule is CN(C)CCn1c(O)nnc1S. The average molecular weight is 188 g/mol. The van der Waals surface area contributed by atoms with Crippen molar-refractivity contribution in [3.05, 3.63) is 0 Å². The van der Waals surface area contributed by atoms with E-state index in [-0.39, 0.29) is 6.01 Å². The first-order chi connectivity index (χ1) is 5.61. The predicted octanol–water partition coefficient (Wildman–Crippen LogP) is -0.166. The molecule has 0 aromatic carbocycles. The van der Waals surface area contributed by atoms with Gasteiger partial charge in [-0.3, -0.25) is 4.57 Å². The lowest BCUT2D eigenvalue weighted by atomic mass is 10.6. The Bertz CT molecular complexity index is 241. The van der Waals surface area contributed by atoms with Gasteiger partial charge in [0, 0.05) is 13.1 Å². The second kappa shape index (κ2) is 3.77. The van der Waals surface area contributed by atoms with E-state index in [1.54, 1.807) is 4.57 Å². The van der Waals surface area contributed by atoms with Crippen LogP contribution in [0.2, 0.25) is 0 Å². The van der Waals surface area contributed by atoms with Crippen LogP contribution in [0.25, 0.3) is 0 Å². The third-order valence-electron chi connectivity index (χ3n) is 1.48. The summed E-state index contributed by atoms with van der Waals surface area (Å²) in [6, 6.07) is -0.0816. The Labute approximate surface area is 76.4 Å². The zero-order valence-electron chi connectivity index (χ0n) is 7.10.